The summed E-state index contributed by atoms with van der Waals surface area (Å²) >= 11 is 5.76. The van der Waals surface area contributed by atoms with Crippen molar-refractivity contribution in [1.82, 2.24) is 9.97 Å². The fourth-order valence-corrected chi connectivity index (χ4v) is 1.30. The quantitative estimate of drug-likeness (QED) is 0.673. The van der Waals surface area contributed by atoms with Crippen molar-refractivity contribution in [3.63, 3.8) is 0 Å². The number of anilines is 1. The van der Waals surface area contributed by atoms with Gasteiger partial charge in [-0.15, -0.1) is 0 Å². The van der Waals surface area contributed by atoms with E-state index in [9.17, 15) is 4.39 Å². The Hall–Kier alpha value is -2.01. The van der Waals surface area contributed by atoms with Gasteiger partial charge >= 0.3 is 0 Å². The van der Waals surface area contributed by atoms with Gasteiger partial charge in [0.25, 0.3) is 0 Å². The topological polar surface area (TPSA) is 50.2 Å². The normalized spacial score (nSPS) is 10.7. The summed E-state index contributed by atoms with van der Waals surface area (Å²) in [5.41, 5.74) is 3.26. The molecule has 0 unspecified atom stereocenters. The van der Waals surface area contributed by atoms with Crippen LogP contribution in [0.2, 0.25) is 5.15 Å². The highest BCUT2D eigenvalue weighted by atomic mass is 35.5. The van der Waals surface area contributed by atoms with Gasteiger partial charge in [-0.05, 0) is 17.7 Å². The molecule has 2 aromatic rings. The predicted molar refractivity (Wildman–Crippen MR) is 64.7 cm³/mol. The third-order valence-corrected chi connectivity index (χ3v) is 2.16. The van der Waals surface area contributed by atoms with Crippen molar-refractivity contribution in [2.45, 2.75) is 0 Å². The van der Waals surface area contributed by atoms with Gasteiger partial charge in [0.1, 0.15) is 5.82 Å². The lowest BCUT2D eigenvalue weighted by atomic mass is 10.2. The Kier molecular flexibility index (Phi) is 3.62. The minimum Gasteiger partial charge on any atom is -0.259 e. The standard InChI is InChI=1S/C11H8ClFN4/c12-10-11(15-5-4-14-10)17-16-7-8-2-1-3-9(13)6-8/h1-7H,(H,15,17)/b16-7-. The Bertz CT molecular complexity index is 544. The van der Waals surface area contributed by atoms with Crippen LogP contribution in [0.4, 0.5) is 10.2 Å². The van der Waals surface area contributed by atoms with Gasteiger partial charge in [-0.25, -0.2) is 14.4 Å². The number of halogens is 2. The van der Waals surface area contributed by atoms with Gasteiger partial charge in [0.2, 0.25) is 0 Å². The molecule has 0 aliphatic carbocycles. The van der Waals surface area contributed by atoms with Crippen LogP contribution in [0.3, 0.4) is 0 Å². The number of aromatic nitrogens is 2. The number of hydrazone groups is 1. The lowest BCUT2D eigenvalue weighted by Crippen LogP contribution is -1.95. The van der Waals surface area contributed by atoms with Crippen LogP contribution in [0.5, 0.6) is 0 Å². The summed E-state index contributed by atoms with van der Waals surface area (Å²) in [5.74, 6) is 0.0355. The molecule has 0 aliphatic heterocycles. The maximum absolute atomic E-state index is 12.9. The van der Waals surface area contributed by atoms with Gasteiger partial charge in [-0.3, -0.25) is 5.43 Å². The zero-order chi connectivity index (χ0) is 12.1. The first kappa shape index (κ1) is 11.5. The van der Waals surface area contributed by atoms with Crippen LogP contribution in [-0.4, -0.2) is 16.2 Å². The molecular formula is C11H8ClFN4. The van der Waals surface area contributed by atoms with Crippen molar-refractivity contribution < 1.29 is 4.39 Å². The molecule has 4 nitrogen and oxygen atoms in total. The van der Waals surface area contributed by atoms with E-state index in [1.165, 1.54) is 30.7 Å². The van der Waals surface area contributed by atoms with E-state index in [1.807, 2.05) is 0 Å². The molecule has 1 N–H and O–H groups in total. The molecule has 2 rings (SSSR count). The number of benzene rings is 1. The number of nitrogens with one attached hydrogen (secondary N) is 1. The van der Waals surface area contributed by atoms with Crippen LogP contribution in [0.25, 0.3) is 0 Å². The molecular weight excluding hydrogens is 243 g/mol. The van der Waals surface area contributed by atoms with Crippen LogP contribution < -0.4 is 5.43 Å². The van der Waals surface area contributed by atoms with Gasteiger partial charge in [-0.1, -0.05) is 23.7 Å². The zero-order valence-corrected chi connectivity index (χ0v) is 9.39. The minimum atomic E-state index is -0.313. The molecule has 0 bridgehead atoms. The number of hydrogen-bond acceptors (Lipinski definition) is 4. The van der Waals surface area contributed by atoms with E-state index in [-0.39, 0.29) is 11.0 Å². The van der Waals surface area contributed by atoms with E-state index < -0.39 is 0 Å². The van der Waals surface area contributed by atoms with Crippen molar-refractivity contribution in [1.29, 1.82) is 0 Å². The van der Waals surface area contributed by atoms with Crippen LogP contribution >= 0.6 is 11.6 Å². The van der Waals surface area contributed by atoms with Crippen LogP contribution in [0.1, 0.15) is 5.56 Å². The second-order valence-electron chi connectivity index (χ2n) is 3.12. The first-order valence-electron chi connectivity index (χ1n) is 4.77. The van der Waals surface area contributed by atoms with E-state index in [4.69, 9.17) is 11.6 Å². The second kappa shape index (κ2) is 5.36. The summed E-state index contributed by atoms with van der Waals surface area (Å²) in [6.45, 7) is 0. The summed E-state index contributed by atoms with van der Waals surface area (Å²) in [6.07, 6.45) is 4.43. The third kappa shape index (κ3) is 3.22. The summed E-state index contributed by atoms with van der Waals surface area (Å²) in [5, 5.41) is 4.11. The van der Waals surface area contributed by atoms with Crippen molar-refractivity contribution in [2.24, 2.45) is 5.10 Å². The number of hydrogen-bond donors (Lipinski definition) is 1. The third-order valence-electron chi connectivity index (χ3n) is 1.89. The average Bonchev–Trinajstić information content (AvgIpc) is 2.32. The monoisotopic (exact) mass is 250 g/mol. The number of rotatable bonds is 3. The van der Waals surface area contributed by atoms with E-state index in [1.54, 1.807) is 12.1 Å². The summed E-state index contributed by atoms with van der Waals surface area (Å²) < 4.78 is 12.9. The van der Waals surface area contributed by atoms with E-state index in [0.29, 0.717) is 11.4 Å². The van der Waals surface area contributed by atoms with Gasteiger partial charge < -0.3 is 0 Å². The minimum absolute atomic E-state index is 0.226. The maximum atomic E-state index is 12.9. The fraction of sp³-hybridized carbons (Fsp3) is 0. The maximum Gasteiger partial charge on any atom is 0.184 e. The Morgan fingerprint density at radius 2 is 2.12 bits per heavy atom. The highest BCUT2D eigenvalue weighted by Crippen LogP contribution is 2.13. The molecule has 0 spiro atoms. The van der Waals surface area contributed by atoms with Crippen molar-refractivity contribution in [3.8, 4) is 0 Å². The van der Waals surface area contributed by atoms with Crippen molar-refractivity contribution in [3.05, 3.63) is 53.2 Å². The van der Waals surface area contributed by atoms with Crippen LogP contribution in [-0.2, 0) is 0 Å². The molecule has 1 heterocycles. The van der Waals surface area contributed by atoms with Gasteiger partial charge in [-0.2, -0.15) is 5.10 Å². The highest BCUT2D eigenvalue weighted by molar-refractivity contribution is 6.31. The Morgan fingerprint density at radius 1 is 1.29 bits per heavy atom. The highest BCUT2D eigenvalue weighted by Gasteiger charge is 1.98. The van der Waals surface area contributed by atoms with Gasteiger partial charge in [0.05, 0.1) is 6.21 Å². The van der Waals surface area contributed by atoms with E-state index in [2.05, 4.69) is 20.5 Å². The lowest BCUT2D eigenvalue weighted by molar-refractivity contribution is 0.627. The van der Waals surface area contributed by atoms with Gasteiger partial charge in [0.15, 0.2) is 11.0 Å². The lowest BCUT2D eigenvalue weighted by Gasteiger charge is -1.99. The molecule has 17 heavy (non-hydrogen) atoms. The molecule has 6 heteroatoms. The Balaban J connectivity index is 2.06. The molecule has 0 aliphatic rings. The Morgan fingerprint density at radius 3 is 2.88 bits per heavy atom. The average molecular weight is 251 g/mol. The molecule has 86 valence electrons. The molecule has 1 aromatic heterocycles. The number of nitrogens with zero attached hydrogens (tertiary/aromatic N) is 3. The largest absolute Gasteiger partial charge is 0.259 e. The molecule has 0 radical (unpaired) electrons. The van der Waals surface area contributed by atoms with E-state index >= 15 is 0 Å². The van der Waals surface area contributed by atoms with Crippen molar-refractivity contribution in [2.75, 3.05) is 5.43 Å². The molecule has 0 atom stereocenters. The predicted octanol–water partition coefficient (Wildman–Crippen LogP) is 2.72. The Labute approximate surface area is 102 Å². The second-order valence-corrected chi connectivity index (χ2v) is 3.48. The smallest absolute Gasteiger partial charge is 0.184 e. The molecule has 1 aromatic carbocycles. The van der Waals surface area contributed by atoms with E-state index in [0.717, 1.165) is 0 Å². The fourth-order valence-electron chi connectivity index (χ4n) is 1.15. The van der Waals surface area contributed by atoms with Crippen molar-refractivity contribution >= 4 is 23.6 Å². The summed E-state index contributed by atoms with van der Waals surface area (Å²) in [4.78, 5) is 7.76. The molecule has 0 fully saturated rings. The van der Waals surface area contributed by atoms with Crippen LogP contribution in [0.15, 0.2) is 41.8 Å². The molecule has 0 amide bonds. The van der Waals surface area contributed by atoms with Gasteiger partial charge in [0, 0.05) is 12.4 Å². The molecule has 0 saturated carbocycles. The van der Waals surface area contributed by atoms with Crippen LogP contribution in [0, 0.1) is 5.82 Å². The zero-order valence-electron chi connectivity index (χ0n) is 8.64. The first-order chi connectivity index (χ1) is 8.25. The summed E-state index contributed by atoms with van der Waals surface area (Å²) in [7, 11) is 0. The molecule has 0 saturated heterocycles. The first-order valence-corrected chi connectivity index (χ1v) is 5.14. The summed E-state index contributed by atoms with van der Waals surface area (Å²) in [6, 6.07) is 6.06. The SMILES string of the molecule is Fc1cccc(/C=N\Nc2nccnc2Cl)c1.